The van der Waals surface area contributed by atoms with Gasteiger partial charge in [-0.15, -0.1) is 8.78 Å². The van der Waals surface area contributed by atoms with Crippen molar-refractivity contribution in [2.24, 2.45) is 0 Å². The number of halogens is 2. The minimum Gasteiger partial charge on any atom is -0.395 e. The first-order valence-electron chi connectivity index (χ1n) is 6.71. The molecule has 1 fully saturated rings. The zero-order valence-corrected chi connectivity index (χ0v) is 11.4. The van der Waals surface area contributed by atoms with E-state index >= 15 is 0 Å². The molecule has 2 amide bonds. The summed E-state index contributed by atoms with van der Waals surface area (Å²) in [5, 5.41) is 5.27. The molecule has 0 aromatic heterocycles. The van der Waals surface area contributed by atoms with E-state index in [1.165, 1.54) is 18.2 Å². The Morgan fingerprint density at radius 3 is 2.91 bits per heavy atom. The Morgan fingerprint density at radius 2 is 2.14 bits per heavy atom. The molecule has 7 nitrogen and oxygen atoms in total. The average Bonchev–Trinajstić information content (AvgIpc) is 2.71. The van der Waals surface area contributed by atoms with Gasteiger partial charge in [0.2, 0.25) is 0 Å². The van der Waals surface area contributed by atoms with Crippen molar-refractivity contribution in [3.05, 3.63) is 18.2 Å². The molecule has 2 heterocycles. The van der Waals surface area contributed by atoms with Gasteiger partial charge in [-0.2, -0.15) is 0 Å². The van der Waals surface area contributed by atoms with Crippen LogP contribution < -0.4 is 25.0 Å². The second-order valence-corrected chi connectivity index (χ2v) is 5.08. The Hall–Kier alpha value is -2.42. The van der Waals surface area contributed by atoms with Crippen molar-refractivity contribution in [2.45, 2.75) is 6.29 Å². The summed E-state index contributed by atoms with van der Waals surface area (Å²) in [5.41, 5.74) is 0.325. The first-order valence-corrected chi connectivity index (χ1v) is 6.71. The number of hydrogen-bond acceptors (Lipinski definition) is 4. The zero-order chi connectivity index (χ0) is 15.7. The lowest BCUT2D eigenvalue weighted by Gasteiger charge is -2.22. The summed E-state index contributed by atoms with van der Waals surface area (Å²) in [4.78, 5) is 24.0. The van der Waals surface area contributed by atoms with Gasteiger partial charge in [0.05, 0.1) is 13.1 Å². The van der Waals surface area contributed by atoms with E-state index in [0.29, 0.717) is 18.8 Å². The predicted octanol–water partition coefficient (Wildman–Crippen LogP) is -1.04. The van der Waals surface area contributed by atoms with Gasteiger partial charge in [0.15, 0.2) is 24.6 Å². The number of rotatable bonds is 3. The summed E-state index contributed by atoms with van der Waals surface area (Å²) in [6.45, 7) is 1.55. The van der Waals surface area contributed by atoms with Gasteiger partial charge in [-0.25, -0.2) is 0 Å². The first-order chi connectivity index (χ1) is 10.4. The summed E-state index contributed by atoms with van der Waals surface area (Å²) in [7, 11) is 0. The Labute approximate surface area is 124 Å². The number of ether oxygens (including phenoxy) is 2. The normalized spacial score (nSPS) is 22.1. The van der Waals surface area contributed by atoms with Gasteiger partial charge >= 0.3 is 6.29 Å². The van der Waals surface area contributed by atoms with Crippen molar-refractivity contribution in [1.82, 2.24) is 5.32 Å². The average molecular weight is 314 g/mol. The van der Waals surface area contributed by atoms with E-state index in [0.717, 1.165) is 4.90 Å². The lowest BCUT2D eigenvalue weighted by molar-refractivity contribution is -0.885. The predicted molar refractivity (Wildman–Crippen MR) is 69.8 cm³/mol. The Morgan fingerprint density at radius 1 is 1.36 bits per heavy atom. The summed E-state index contributed by atoms with van der Waals surface area (Å²) >= 11 is 0. The van der Waals surface area contributed by atoms with Crippen molar-refractivity contribution in [3.63, 3.8) is 0 Å². The fraction of sp³-hybridized carbons (Fsp3) is 0.385. The molecule has 1 unspecified atom stereocenters. The van der Waals surface area contributed by atoms with Crippen LogP contribution in [0, 0.1) is 0 Å². The third-order valence-electron chi connectivity index (χ3n) is 3.31. The molecule has 3 N–H and O–H groups in total. The molecule has 1 aromatic rings. The quantitative estimate of drug-likeness (QED) is 0.666. The number of fused-ring (bicyclic) bond motifs is 1. The minimum atomic E-state index is -3.68. The van der Waals surface area contributed by atoms with Gasteiger partial charge < -0.3 is 25.0 Å². The van der Waals surface area contributed by atoms with Crippen LogP contribution >= 0.6 is 0 Å². The fourth-order valence-electron chi connectivity index (χ4n) is 2.37. The maximum atomic E-state index is 12.9. The highest BCUT2D eigenvalue weighted by Gasteiger charge is 2.43. The summed E-state index contributed by atoms with van der Waals surface area (Å²) < 4.78 is 34.4. The van der Waals surface area contributed by atoms with Crippen LogP contribution in [0.5, 0.6) is 11.5 Å². The van der Waals surface area contributed by atoms with E-state index in [1.54, 1.807) is 0 Å². The molecule has 2 aliphatic rings. The molecule has 0 radical (unpaired) electrons. The second kappa shape index (κ2) is 5.41. The fourth-order valence-corrected chi connectivity index (χ4v) is 2.37. The lowest BCUT2D eigenvalue weighted by Crippen LogP contribution is -3.16. The number of carbonyl (C=O) groups is 2. The number of hydrogen-bond donors (Lipinski definition) is 3. The van der Waals surface area contributed by atoms with Gasteiger partial charge in [0, 0.05) is 11.8 Å². The van der Waals surface area contributed by atoms with E-state index in [4.69, 9.17) is 0 Å². The molecule has 2 aliphatic heterocycles. The molecule has 118 valence electrons. The van der Waals surface area contributed by atoms with Crippen molar-refractivity contribution >= 4 is 17.5 Å². The Bertz CT molecular complexity index is 623. The monoisotopic (exact) mass is 314 g/mol. The van der Waals surface area contributed by atoms with Crippen LogP contribution in [-0.2, 0) is 9.59 Å². The van der Waals surface area contributed by atoms with E-state index in [9.17, 15) is 18.4 Å². The van der Waals surface area contributed by atoms with Crippen molar-refractivity contribution in [1.29, 1.82) is 0 Å². The van der Waals surface area contributed by atoms with E-state index in [2.05, 4.69) is 20.1 Å². The lowest BCUT2D eigenvalue weighted by atomic mass is 10.2. The van der Waals surface area contributed by atoms with Crippen molar-refractivity contribution < 1.29 is 32.7 Å². The third kappa shape index (κ3) is 3.25. The van der Waals surface area contributed by atoms with Crippen LogP contribution in [0.3, 0.4) is 0 Å². The van der Waals surface area contributed by atoms with Gasteiger partial charge in [0.25, 0.3) is 11.8 Å². The highest BCUT2D eigenvalue weighted by Crippen LogP contribution is 2.42. The molecule has 9 heteroatoms. The molecule has 0 spiro atoms. The molecule has 1 saturated heterocycles. The molecule has 22 heavy (non-hydrogen) atoms. The number of piperazine rings is 1. The van der Waals surface area contributed by atoms with E-state index < -0.39 is 6.29 Å². The minimum absolute atomic E-state index is 0.0821. The second-order valence-electron chi connectivity index (χ2n) is 5.08. The molecule has 0 aliphatic carbocycles. The largest absolute Gasteiger partial charge is 0.586 e. The standard InChI is InChI=1S/C13H13F2N3O4/c14-13(15)21-9-2-1-8(5-10(9)22-13)17-12(20)7-18-4-3-16-11(19)6-18/h1-2,5H,3-4,6-7H2,(H,16,19)(H,17,20)/p+1. The molecule has 1 aromatic carbocycles. The molecule has 1 atom stereocenters. The SMILES string of the molecule is O=C1C[NH+](CC(=O)Nc2ccc3c(c2)OC(F)(F)O3)CCN1. The number of alkyl halides is 2. The summed E-state index contributed by atoms with van der Waals surface area (Å²) in [6, 6.07) is 4.01. The summed E-state index contributed by atoms with van der Waals surface area (Å²) in [5.74, 6) is -0.622. The van der Waals surface area contributed by atoms with Crippen molar-refractivity contribution in [2.75, 3.05) is 31.5 Å². The van der Waals surface area contributed by atoms with Gasteiger partial charge in [-0.3, -0.25) is 9.59 Å². The van der Waals surface area contributed by atoms with Crippen LogP contribution in [0.2, 0.25) is 0 Å². The highest BCUT2D eigenvalue weighted by atomic mass is 19.3. The van der Waals surface area contributed by atoms with Crippen molar-refractivity contribution in [3.8, 4) is 11.5 Å². The molecule has 0 bridgehead atoms. The first kappa shape index (κ1) is 14.5. The molecule has 0 saturated carbocycles. The van der Waals surface area contributed by atoms with E-state index in [-0.39, 0.29) is 36.4 Å². The van der Waals surface area contributed by atoms with Gasteiger partial charge in [-0.1, -0.05) is 0 Å². The number of nitrogens with one attached hydrogen (secondary N) is 3. The topological polar surface area (TPSA) is 81.1 Å². The van der Waals surface area contributed by atoms with Gasteiger partial charge in [0.1, 0.15) is 0 Å². The highest BCUT2D eigenvalue weighted by molar-refractivity contribution is 5.92. The Balaban J connectivity index is 1.59. The number of anilines is 1. The van der Waals surface area contributed by atoms with Gasteiger partial charge in [-0.05, 0) is 12.1 Å². The maximum absolute atomic E-state index is 12.9. The maximum Gasteiger partial charge on any atom is 0.586 e. The molecule has 3 rings (SSSR count). The number of benzene rings is 1. The van der Waals surface area contributed by atoms with Crippen LogP contribution in [0.4, 0.5) is 14.5 Å². The van der Waals surface area contributed by atoms with E-state index in [1.807, 2.05) is 0 Å². The zero-order valence-electron chi connectivity index (χ0n) is 11.4. The van der Waals surface area contributed by atoms with Crippen LogP contribution in [0.25, 0.3) is 0 Å². The van der Waals surface area contributed by atoms with Crippen LogP contribution in [0.15, 0.2) is 18.2 Å². The smallest absolute Gasteiger partial charge is 0.395 e. The summed E-state index contributed by atoms with van der Waals surface area (Å²) in [6.07, 6.45) is -3.68. The third-order valence-corrected chi connectivity index (χ3v) is 3.31. The number of carbonyl (C=O) groups excluding carboxylic acids is 2. The Kier molecular flexibility index (Phi) is 3.57. The number of amides is 2. The number of quaternary nitrogens is 1. The van der Waals surface area contributed by atoms with Crippen LogP contribution in [-0.4, -0.2) is 44.3 Å². The molecular formula is C13H14F2N3O4+. The van der Waals surface area contributed by atoms with Crippen LogP contribution in [0.1, 0.15) is 0 Å². The molecular weight excluding hydrogens is 300 g/mol.